The Hall–Kier alpha value is 0.120. The summed E-state index contributed by atoms with van der Waals surface area (Å²) in [5.74, 6) is -0.738. The van der Waals surface area contributed by atoms with Crippen molar-refractivity contribution in [3.63, 3.8) is 0 Å². The summed E-state index contributed by atoms with van der Waals surface area (Å²) in [5, 5.41) is 8.10. The number of halogens is 1. The third-order valence-corrected chi connectivity index (χ3v) is 0.845. The average molecular weight is 261 g/mol. The molecule has 0 saturated carbocycles. The largest absolute Gasteiger partial charge is 0.481 e. The topological polar surface area (TPSA) is 83.6 Å². The molecule has 0 atom stereocenters. The van der Waals surface area contributed by atoms with Gasteiger partial charge in [-0.2, -0.15) is 0 Å². The predicted molar refractivity (Wildman–Crippen MR) is 46.8 cm³/mol. The standard InChI is InChI=1S/C5H11NO2.HIO/c6-4-2-1-3-5(7)8;1-2/h1-4,6H2,(H,7,8);2H. The molecule has 0 fully saturated rings. The van der Waals surface area contributed by atoms with Crippen LogP contribution in [0.4, 0.5) is 0 Å². The van der Waals surface area contributed by atoms with Crippen LogP contribution in [0.1, 0.15) is 19.3 Å². The van der Waals surface area contributed by atoms with E-state index in [0.29, 0.717) is 13.0 Å². The van der Waals surface area contributed by atoms with Gasteiger partial charge in [0.15, 0.2) is 0 Å². The molecule has 0 aromatic heterocycles. The van der Waals surface area contributed by atoms with Gasteiger partial charge in [0.05, 0.1) is 0 Å². The molecule has 5 heteroatoms. The van der Waals surface area contributed by atoms with Crippen molar-refractivity contribution in [1.29, 1.82) is 0 Å². The molecule has 62 valence electrons. The molecule has 4 N–H and O–H groups in total. The fourth-order valence-electron chi connectivity index (χ4n) is 0.421. The lowest BCUT2D eigenvalue weighted by Crippen LogP contribution is -2.00. The highest BCUT2D eigenvalue weighted by atomic mass is 127. The van der Waals surface area contributed by atoms with E-state index < -0.39 is 5.97 Å². The second-order valence-corrected chi connectivity index (χ2v) is 1.64. The van der Waals surface area contributed by atoms with E-state index in [1.807, 2.05) is 0 Å². The third-order valence-electron chi connectivity index (χ3n) is 0.845. The van der Waals surface area contributed by atoms with Gasteiger partial charge in [0.2, 0.25) is 0 Å². The molecule has 0 unspecified atom stereocenters. The highest BCUT2D eigenvalue weighted by Gasteiger charge is 1.92. The third kappa shape index (κ3) is 15.7. The molecule has 10 heavy (non-hydrogen) atoms. The number of carboxylic acids is 1. The first-order chi connectivity index (χ1) is 4.77. The lowest BCUT2D eigenvalue weighted by atomic mass is 10.2. The quantitative estimate of drug-likeness (QED) is 0.509. The van der Waals surface area contributed by atoms with Crippen molar-refractivity contribution in [2.75, 3.05) is 6.54 Å². The zero-order valence-electron chi connectivity index (χ0n) is 5.59. The molecule has 0 aliphatic rings. The van der Waals surface area contributed by atoms with Gasteiger partial charge in [0, 0.05) is 6.42 Å². The summed E-state index contributed by atoms with van der Waals surface area (Å²) in [6.45, 7) is 0.591. The summed E-state index contributed by atoms with van der Waals surface area (Å²) in [4.78, 5) is 9.83. The van der Waals surface area contributed by atoms with E-state index in [4.69, 9.17) is 14.3 Å². The van der Waals surface area contributed by atoms with Gasteiger partial charge in [-0.25, -0.2) is 0 Å². The normalized spacial score (nSPS) is 7.90. The van der Waals surface area contributed by atoms with E-state index in [1.54, 1.807) is 0 Å². The second-order valence-electron chi connectivity index (χ2n) is 1.64. The van der Waals surface area contributed by atoms with E-state index in [2.05, 4.69) is 0 Å². The molecule has 0 rings (SSSR count). The molecule has 0 aromatic carbocycles. The Labute approximate surface area is 74.1 Å². The number of hydrogen-bond donors (Lipinski definition) is 3. The van der Waals surface area contributed by atoms with Gasteiger partial charge in [-0.3, -0.25) is 4.79 Å². The number of aliphatic carboxylic acids is 1. The second kappa shape index (κ2) is 11.9. The lowest BCUT2D eigenvalue weighted by molar-refractivity contribution is -0.137. The number of carboxylic acid groups (broad SMARTS) is 1. The van der Waals surface area contributed by atoms with Crippen molar-refractivity contribution >= 4 is 29.0 Å². The van der Waals surface area contributed by atoms with Crippen molar-refractivity contribution in [3.05, 3.63) is 0 Å². The summed E-state index contributed by atoms with van der Waals surface area (Å²) in [6, 6.07) is 0. The fraction of sp³-hybridized carbons (Fsp3) is 0.800. The van der Waals surface area contributed by atoms with Crippen LogP contribution in [-0.4, -0.2) is 21.1 Å². The van der Waals surface area contributed by atoms with Crippen LogP contribution in [0, 0.1) is 0 Å². The molecule has 0 radical (unpaired) electrons. The number of nitrogens with two attached hydrogens (primary N) is 1. The van der Waals surface area contributed by atoms with Crippen LogP contribution >= 0.6 is 23.0 Å². The maximum atomic E-state index is 9.83. The first kappa shape index (κ1) is 12.8. The van der Waals surface area contributed by atoms with E-state index in [9.17, 15) is 4.79 Å². The van der Waals surface area contributed by atoms with Gasteiger partial charge in [0.25, 0.3) is 0 Å². The fourth-order valence-corrected chi connectivity index (χ4v) is 0.421. The van der Waals surface area contributed by atoms with Crippen molar-refractivity contribution in [1.82, 2.24) is 0 Å². The predicted octanol–water partition coefficient (Wildman–Crippen LogP) is 0.529. The SMILES string of the molecule is NCCCCC(=O)O.OI. The minimum atomic E-state index is -0.738. The van der Waals surface area contributed by atoms with Crippen LogP contribution in [0.5, 0.6) is 0 Å². The van der Waals surface area contributed by atoms with E-state index in [1.165, 1.54) is 0 Å². The zero-order valence-corrected chi connectivity index (χ0v) is 7.74. The zero-order chi connectivity index (χ0) is 8.41. The van der Waals surface area contributed by atoms with E-state index >= 15 is 0 Å². The minimum absolute atomic E-state index is 0.247. The number of rotatable bonds is 4. The molecule has 0 aliphatic heterocycles. The smallest absolute Gasteiger partial charge is 0.303 e. The molecule has 0 aromatic rings. The minimum Gasteiger partial charge on any atom is -0.481 e. The average Bonchev–Trinajstić information content (AvgIpc) is 1.92. The maximum Gasteiger partial charge on any atom is 0.303 e. The molecule has 0 aliphatic carbocycles. The van der Waals surface area contributed by atoms with Crippen molar-refractivity contribution < 1.29 is 13.3 Å². The summed E-state index contributed by atoms with van der Waals surface area (Å²) in [7, 11) is 0. The molecule has 0 spiro atoms. The van der Waals surface area contributed by atoms with Crippen molar-refractivity contribution in [2.24, 2.45) is 5.73 Å². The first-order valence-corrected chi connectivity index (χ1v) is 3.82. The summed E-state index contributed by atoms with van der Waals surface area (Å²) in [6.07, 6.45) is 1.76. The first-order valence-electron chi connectivity index (χ1n) is 2.86. The van der Waals surface area contributed by atoms with E-state index in [-0.39, 0.29) is 6.42 Å². The van der Waals surface area contributed by atoms with Gasteiger partial charge >= 0.3 is 5.97 Å². The lowest BCUT2D eigenvalue weighted by Gasteiger charge is -1.90. The number of carbonyl (C=O) groups is 1. The van der Waals surface area contributed by atoms with Gasteiger partial charge in [-0.15, -0.1) is 0 Å². The summed E-state index contributed by atoms with van der Waals surface area (Å²) in [5.41, 5.74) is 5.12. The Bertz CT molecular complexity index is 79.3. The highest BCUT2D eigenvalue weighted by Crippen LogP contribution is 1.91. The monoisotopic (exact) mass is 261 g/mol. The van der Waals surface area contributed by atoms with Gasteiger partial charge in [-0.05, 0) is 19.4 Å². The Morgan fingerprint density at radius 1 is 1.40 bits per heavy atom. The van der Waals surface area contributed by atoms with Gasteiger partial charge in [0.1, 0.15) is 23.0 Å². The highest BCUT2D eigenvalue weighted by molar-refractivity contribution is 14.1. The Balaban J connectivity index is 0. The van der Waals surface area contributed by atoms with Crippen molar-refractivity contribution in [3.8, 4) is 0 Å². The summed E-state index contributed by atoms with van der Waals surface area (Å²) < 4.78 is 6.97. The Morgan fingerprint density at radius 3 is 2.20 bits per heavy atom. The van der Waals surface area contributed by atoms with Crippen LogP contribution in [0.3, 0.4) is 0 Å². The molecule has 4 nitrogen and oxygen atoms in total. The van der Waals surface area contributed by atoms with Crippen LogP contribution in [-0.2, 0) is 4.79 Å². The molecule has 0 bridgehead atoms. The van der Waals surface area contributed by atoms with E-state index in [0.717, 1.165) is 29.4 Å². The summed E-state index contributed by atoms with van der Waals surface area (Å²) >= 11 is 1.15. The Kier molecular flexibility index (Phi) is 15.1. The molecule has 0 heterocycles. The Morgan fingerprint density at radius 2 is 1.90 bits per heavy atom. The van der Waals surface area contributed by atoms with Gasteiger partial charge in [-0.1, -0.05) is 0 Å². The van der Waals surface area contributed by atoms with Crippen LogP contribution in [0.15, 0.2) is 0 Å². The molecule has 0 saturated heterocycles. The van der Waals surface area contributed by atoms with Crippen molar-refractivity contribution in [2.45, 2.75) is 19.3 Å². The molecule has 0 amide bonds. The van der Waals surface area contributed by atoms with Crippen LogP contribution in [0.25, 0.3) is 0 Å². The number of unbranched alkanes of at least 4 members (excludes halogenated alkanes) is 1. The molecular formula is C5H12INO3. The van der Waals surface area contributed by atoms with Crippen LogP contribution in [0.2, 0.25) is 0 Å². The molecular weight excluding hydrogens is 249 g/mol. The maximum absolute atomic E-state index is 9.83. The van der Waals surface area contributed by atoms with Crippen LogP contribution < -0.4 is 5.73 Å². The van der Waals surface area contributed by atoms with Gasteiger partial charge < -0.3 is 14.3 Å². The number of hydrogen-bond acceptors (Lipinski definition) is 3.